The van der Waals surface area contributed by atoms with E-state index in [0.717, 1.165) is 18.9 Å². The Morgan fingerprint density at radius 1 is 1.02 bits per heavy atom. The first kappa shape index (κ1) is 33.7. The van der Waals surface area contributed by atoms with Crippen LogP contribution in [0.2, 0.25) is 0 Å². The Labute approximate surface area is 236 Å². The van der Waals surface area contributed by atoms with Crippen LogP contribution in [-0.2, 0) is 19.6 Å². The largest absolute Gasteiger partial charge is 0.493 e. The SMILES string of the molecule is NCCCCOc1ccn2c(=O)cc(C(=O)NCC(NS(=O)(=O)c3ccccc3)C(=O)O)cc2c1.O=C(O)C(F)(F)F. The van der Waals surface area contributed by atoms with Gasteiger partial charge in [0.2, 0.25) is 10.0 Å². The molecule has 3 rings (SSSR count). The number of unbranched alkanes of at least 4 members (excludes halogenated alkanes) is 1. The summed E-state index contributed by atoms with van der Waals surface area (Å²) < 4.78 is 65.7. The predicted octanol–water partition coefficient (Wildman–Crippen LogP) is 1.21. The zero-order chi connectivity index (χ0) is 31.5. The molecule has 0 saturated heterocycles. The number of nitrogens with two attached hydrogens (primary N) is 1. The van der Waals surface area contributed by atoms with Gasteiger partial charge in [0.15, 0.2) is 0 Å². The minimum absolute atomic E-state index is 0.00895. The van der Waals surface area contributed by atoms with Crippen molar-refractivity contribution in [2.75, 3.05) is 19.7 Å². The molecule has 0 saturated carbocycles. The molecule has 2 aromatic heterocycles. The van der Waals surface area contributed by atoms with Gasteiger partial charge >= 0.3 is 18.1 Å². The third-order valence-corrected chi connectivity index (χ3v) is 6.75. The molecule has 6 N–H and O–H groups in total. The molecule has 0 bridgehead atoms. The smallest absolute Gasteiger partial charge is 0.490 e. The molecule has 1 unspecified atom stereocenters. The number of carbonyl (C=O) groups excluding carboxylic acids is 1. The maximum atomic E-state index is 12.7. The zero-order valence-electron chi connectivity index (χ0n) is 21.7. The fourth-order valence-electron chi connectivity index (χ4n) is 3.20. The van der Waals surface area contributed by atoms with E-state index in [4.69, 9.17) is 20.4 Å². The molecular weight excluding hydrogens is 589 g/mol. The molecule has 13 nitrogen and oxygen atoms in total. The normalized spacial score (nSPS) is 12.1. The first-order valence-electron chi connectivity index (χ1n) is 12.0. The number of carboxylic acids is 2. The highest BCUT2D eigenvalue weighted by Crippen LogP contribution is 2.15. The van der Waals surface area contributed by atoms with Crippen LogP contribution in [0.4, 0.5) is 13.2 Å². The number of pyridine rings is 2. The second-order valence-corrected chi connectivity index (χ2v) is 10.1. The molecule has 42 heavy (non-hydrogen) atoms. The summed E-state index contributed by atoms with van der Waals surface area (Å²) in [5.74, 6) is -4.45. The highest BCUT2D eigenvalue weighted by molar-refractivity contribution is 7.89. The lowest BCUT2D eigenvalue weighted by molar-refractivity contribution is -0.192. The second kappa shape index (κ2) is 14.9. The number of halogens is 3. The lowest BCUT2D eigenvalue weighted by atomic mass is 10.2. The van der Waals surface area contributed by atoms with Gasteiger partial charge < -0.3 is 26.0 Å². The quantitative estimate of drug-likeness (QED) is 0.184. The Bertz CT molecular complexity index is 1560. The number of carboxylic acid groups (broad SMARTS) is 2. The van der Waals surface area contributed by atoms with Crippen LogP contribution in [-0.4, -0.2) is 72.8 Å². The molecule has 0 aliphatic heterocycles. The molecule has 3 aromatic rings. The number of nitrogens with zero attached hydrogens (tertiary/aromatic N) is 1. The number of sulfonamides is 1. The van der Waals surface area contributed by atoms with Crippen LogP contribution in [0.3, 0.4) is 0 Å². The summed E-state index contributed by atoms with van der Waals surface area (Å²) in [5.41, 5.74) is 5.38. The number of benzene rings is 1. The summed E-state index contributed by atoms with van der Waals surface area (Å²) in [6.07, 6.45) is -1.97. The van der Waals surface area contributed by atoms with Crippen LogP contribution in [0.5, 0.6) is 5.75 Å². The second-order valence-electron chi connectivity index (χ2n) is 8.42. The minimum atomic E-state index is -5.08. The number of fused-ring (bicyclic) bond motifs is 1. The Kier molecular flexibility index (Phi) is 12.0. The van der Waals surface area contributed by atoms with Gasteiger partial charge in [-0.2, -0.15) is 17.9 Å². The first-order chi connectivity index (χ1) is 19.7. The zero-order valence-corrected chi connectivity index (χ0v) is 22.5. The molecule has 228 valence electrons. The Morgan fingerprint density at radius 2 is 1.67 bits per heavy atom. The van der Waals surface area contributed by atoms with Crippen molar-refractivity contribution in [2.45, 2.75) is 30.0 Å². The number of aliphatic carboxylic acids is 2. The van der Waals surface area contributed by atoms with Gasteiger partial charge in [0.1, 0.15) is 11.8 Å². The standard InChI is InChI=1S/C23H26N4O7S.C2HF3O2/c24-9-4-5-11-34-18-8-10-27-17(14-18)12-16(13-21(27)28)22(29)25-15-20(23(30)31)26-35(32,33)19-6-2-1-3-7-19;3-2(4,5)1(6)7/h1-3,6-8,10,12-14,20,26H,4-5,9,11,15,24H2,(H,25,29)(H,30,31);(H,6,7). The molecule has 1 atom stereocenters. The summed E-state index contributed by atoms with van der Waals surface area (Å²) in [7, 11) is -4.13. The van der Waals surface area contributed by atoms with E-state index in [1.807, 2.05) is 0 Å². The third kappa shape index (κ3) is 10.2. The predicted molar refractivity (Wildman–Crippen MR) is 142 cm³/mol. The van der Waals surface area contributed by atoms with Crippen molar-refractivity contribution in [1.82, 2.24) is 14.4 Å². The Morgan fingerprint density at radius 3 is 2.24 bits per heavy atom. The van der Waals surface area contributed by atoms with Gasteiger partial charge in [-0.1, -0.05) is 18.2 Å². The molecule has 0 aliphatic rings. The summed E-state index contributed by atoms with van der Waals surface area (Å²) >= 11 is 0. The summed E-state index contributed by atoms with van der Waals surface area (Å²) in [6.45, 7) is 0.475. The number of nitrogens with one attached hydrogen (secondary N) is 2. The summed E-state index contributed by atoms with van der Waals surface area (Å²) in [4.78, 5) is 45.5. The maximum Gasteiger partial charge on any atom is 0.490 e. The van der Waals surface area contributed by atoms with E-state index in [0.29, 0.717) is 24.4 Å². The van der Waals surface area contributed by atoms with E-state index in [-0.39, 0.29) is 10.5 Å². The number of aromatic nitrogens is 1. The van der Waals surface area contributed by atoms with E-state index < -0.39 is 52.2 Å². The molecule has 1 amide bonds. The van der Waals surface area contributed by atoms with Crippen molar-refractivity contribution in [1.29, 1.82) is 0 Å². The van der Waals surface area contributed by atoms with E-state index in [1.54, 1.807) is 18.2 Å². The molecule has 0 radical (unpaired) electrons. The number of alkyl halides is 3. The van der Waals surface area contributed by atoms with Gasteiger partial charge in [0.05, 0.1) is 17.0 Å². The number of carbonyl (C=O) groups is 3. The van der Waals surface area contributed by atoms with Crippen molar-refractivity contribution in [3.63, 3.8) is 0 Å². The van der Waals surface area contributed by atoms with Gasteiger partial charge in [-0.25, -0.2) is 13.2 Å². The Balaban J connectivity index is 0.000000782. The van der Waals surface area contributed by atoms with Gasteiger partial charge in [0, 0.05) is 30.4 Å². The first-order valence-corrected chi connectivity index (χ1v) is 13.5. The number of rotatable bonds is 12. The van der Waals surface area contributed by atoms with Crippen molar-refractivity contribution in [2.24, 2.45) is 5.73 Å². The Hall–Kier alpha value is -4.48. The van der Waals surface area contributed by atoms with Gasteiger partial charge in [-0.15, -0.1) is 0 Å². The van der Waals surface area contributed by atoms with Crippen LogP contribution in [0.25, 0.3) is 5.52 Å². The van der Waals surface area contributed by atoms with Crippen LogP contribution < -0.4 is 26.1 Å². The summed E-state index contributed by atoms with van der Waals surface area (Å²) in [6, 6.07) is 11.4. The van der Waals surface area contributed by atoms with Crippen molar-refractivity contribution in [3.05, 3.63) is 76.7 Å². The fourth-order valence-corrected chi connectivity index (χ4v) is 4.41. The van der Waals surface area contributed by atoms with Crippen molar-refractivity contribution in [3.8, 4) is 5.75 Å². The van der Waals surface area contributed by atoms with Gasteiger partial charge in [0.25, 0.3) is 11.5 Å². The maximum absolute atomic E-state index is 12.7. The minimum Gasteiger partial charge on any atom is -0.493 e. The lowest BCUT2D eigenvalue weighted by Gasteiger charge is -2.16. The lowest BCUT2D eigenvalue weighted by Crippen LogP contribution is -2.48. The van der Waals surface area contributed by atoms with E-state index in [9.17, 15) is 41.1 Å². The molecular formula is C25H27F3N4O9S. The van der Waals surface area contributed by atoms with E-state index >= 15 is 0 Å². The van der Waals surface area contributed by atoms with Crippen LogP contribution in [0, 0.1) is 0 Å². The summed E-state index contributed by atoms with van der Waals surface area (Å²) in [5, 5.41) is 18.9. The van der Waals surface area contributed by atoms with Gasteiger partial charge in [-0.05, 0) is 43.7 Å². The average molecular weight is 617 g/mol. The van der Waals surface area contributed by atoms with Crippen molar-refractivity contribution < 1.29 is 50.9 Å². The average Bonchev–Trinajstić information content (AvgIpc) is 2.93. The third-order valence-electron chi connectivity index (χ3n) is 5.26. The van der Waals surface area contributed by atoms with Crippen LogP contribution >= 0.6 is 0 Å². The van der Waals surface area contributed by atoms with Gasteiger partial charge in [-0.3, -0.25) is 18.8 Å². The number of ether oxygens (including phenoxy) is 1. The van der Waals surface area contributed by atoms with Crippen LogP contribution in [0.15, 0.2) is 70.5 Å². The fraction of sp³-hybridized carbons (Fsp3) is 0.280. The molecule has 17 heteroatoms. The molecule has 0 aliphatic carbocycles. The molecule has 0 spiro atoms. The number of amides is 1. The highest BCUT2D eigenvalue weighted by Gasteiger charge is 2.38. The monoisotopic (exact) mass is 616 g/mol. The molecule has 0 fully saturated rings. The number of hydrogen-bond donors (Lipinski definition) is 5. The molecule has 1 aromatic carbocycles. The topological polar surface area (TPSA) is 207 Å². The van der Waals surface area contributed by atoms with E-state index in [1.165, 1.54) is 40.9 Å². The van der Waals surface area contributed by atoms with Crippen molar-refractivity contribution >= 4 is 33.4 Å². The highest BCUT2D eigenvalue weighted by atomic mass is 32.2. The van der Waals surface area contributed by atoms with E-state index in [2.05, 4.69) is 10.0 Å². The van der Waals surface area contributed by atoms with Crippen LogP contribution in [0.1, 0.15) is 23.2 Å². The number of hydrogen-bond acceptors (Lipinski definition) is 8. The molecule has 2 heterocycles.